The van der Waals surface area contributed by atoms with Crippen LogP contribution in [0.5, 0.6) is 0 Å². The Bertz CT molecular complexity index is 491. The van der Waals surface area contributed by atoms with Gasteiger partial charge in [0.05, 0.1) is 0 Å². The summed E-state index contributed by atoms with van der Waals surface area (Å²) in [5, 5.41) is 6.64. The average molecular weight is 315 g/mol. The second-order valence-corrected chi connectivity index (χ2v) is 6.96. The number of benzene rings is 1. The van der Waals surface area contributed by atoms with E-state index in [-0.39, 0.29) is 5.91 Å². The maximum absolute atomic E-state index is 12.1. The maximum Gasteiger partial charge on any atom is 0.221 e. The van der Waals surface area contributed by atoms with Crippen molar-refractivity contribution < 1.29 is 4.79 Å². The summed E-state index contributed by atoms with van der Waals surface area (Å²) in [4.78, 5) is 14.7. The zero-order valence-corrected chi connectivity index (χ0v) is 14.1. The van der Waals surface area contributed by atoms with Gasteiger partial charge in [-0.1, -0.05) is 30.3 Å². The van der Waals surface area contributed by atoms with E-state index < -0.39 is 0 Å². The SMILES string of the molecule is CC(c1ccccc1)N1CCC(NC(=O)CC2CCCN2)CC1. The molecule has 0 saturated carbocycles. The molecule has 0 aliphatic carbocycles. The van der Waals surface area contributed by atoms with Gasteiger partial charge in [-0.15, -0.1) is 0 Å². The molecule has 0 aromatic heterocycles. The van der Waals surface area contributed by atoms with Crippen LogP contribution in [-0.2, 0) is 4.79 Å². The summed E-state index contributed by atoms with van der Waals surface area (Å²) in [6.07, 6.45) is 5.09. The van der Waals surface area contributed by atoms with Crippen molar-refractivity contribution in [1.29, 1.82) is 0 Å². The fraction of sp³-hybridized carbons (Fsp3) is 0.632. The molecule has 2 saturated heterocycles. The van der Waals surface area contributed by atoms with Crippen molar-refractivity contribution in [2.75, 3.05) is 19.6 Å². The van der Waals surface area contributed by atoms with E-state index >= 15 is 0 Å². The number of carbonyl (C=O) groups excluding carboxylic acids is 1. The first-order valence-corrected chi connectivity index (χ1v) is 9.04. The highest BCUT2D eigenvalue weighted by Gasteiger charge is 2.25. The van der Waals surface area contributed by atoms with E-state index in [4.69, 9.17) is 0 Å². The van der Waals surface area contributed by atoms with Gasteiger partial charge in [-0.3, -0.25) is 9.69 Å². The lowest BCUT2D eigenvalue weighted by Crippen LogP contribution is -2.46. The van der Waals surface area contributed by atoms with E-state index in [9.17, 15) is 4.79 Å². The zero-order valence-electron chi connectivity index (χ0n) is 14.1. The quantitative estimate of drug-likeness (QED) is 0.877. The van der Waals surface area contributed by atoms with Crippen LogP contribution in [-0.4, -0.2) is 42.5 Å². The predicted molar refractivity (Wildman–Crippen MR) is 93.2 cm³/mol. The molecule has 1 amide bonds. The lowest BCUT2D eigenvalue weighted by molar-refractivity contribution is -0.122. The van der Waals surface area contributed by atoms with E-state index in [0.717, 1.165) is 38.9 Å². The average Bonchev–Trinajstić information content (AvgIpc) is 3.08. The van der Waals surface area contributed by atoms with E-state index in [1.165, 1.54) is 12.0 Å². The molecule has 2 fully saturated rings. The molecule has 2 heterocycles. The van der Waals surface area contributed by atoms with Crippen molar-refractivity contribution in [2.45, 2.75) is 57.2 Å². The van der Waals surface area contributed by atoms with Crippen LogP contribution in [0.25, 0.3) is 0 Å². The third-order valence-corrected chi connectivity index (χ3v) is 5.32. The summed E-state index contributed by atoms with van der Waals surface area (Å²) in [5.74, 6) is 0.221. The standard InChI is InChI=1S/C19H29N3O/c1-15(16-6-3-2-4-7-16)22-12-9-17(10-13-22)21-19(23)14-18-8-5-11-20-18/h2-4,6-7,15,17-18,20H,5,8-14H2,1H3,(H,21,23). The third-order valence-electron chi connectivity index (χ3n) is 5.32. The number of rotatable bonds is 5. The third kappa shape index (κ3) is 4.55. The second-order valence-electron chi connectivity index (χ2n) is 6.96. The number of nitrogens with one attached hydrogen (secondary N) is 2. The fourth-order valence-electron chi connectivity index (χ4n) is 3.81. The van der Waals surface area contributed by atoms with Crippen LogP contribution in [0, 0.1) is 0 Å². The molecule has 2 unspecified atom stereocenters. The Hall–Kier alpha value is -1.39. The van der Waals surface area contributed by atoms with Crippen molar-refractivity contribution in [3.05, 3.63) is 35.9 Å². The van der Waals surface area contributed by atoms with Gasteiger partial charge >= 0.3 is 0 Å². The molecule has 2 N–H and O–H groups in total. The molecule has 0 bridgehead atoms. The van der Waals surface area contributed by atoms with Crippen LogP contribution in [0.4, 0.5) is 0 Å². The van der Waals surface area contributed by atoms with Gasteiger partial charge in [-0.2, -0.15) is 0 Å². The van der Waals surface area contributed by atoms with E-state index in [2.05, 4.69) is 52.8 Å². The summed E-state index contributed by atoms with van der Waals surface area (Å²) < 4.78 is 0. The largest absolute Gasteiger partial charge is 0.353 e. The first kappa shape index (κ1) is 16.5. The Morgan fingerprint density at radius 3 is 2.65 bits per heavy atom. The minimum absolute atomic E-state index is 0.221. The summed E-state index contributed by atoms with van der Waals surface area (Å²) in [6.45, 7) is 5.46. The highest BCUT2D eigenvalue weighted by atomic mass is 16.1. The van der Waals surface area contributed by atoms with Crippen LogP contribution >= 0.6 is 0 Å². The van der Waals surface area contributed by atoms with Gasteiger partial charge < -0.3 is 10.6 Å². The minimum atomic E-state index is 0.221. The molecule has 4 nitrogen and oxygen atoms in total. The Morgan fingerprint density at radius 1 is 1.26 bits per heavy atom. The number of amides is 1. The van der Waals surface area contributed by atoms with E-state index in [0.29, 0.717) is 24.5 Å². The Morgan fingerprint density at radius 2 is 2.00 bits per heavy atom. The summed E-state index contributed by atoms with van der Waals surface area (Å²) in [6, 6.07) is 11.9. The van der Waals surface area contributed by atoms with Crippen LogP contribution in [0.2, 0.25) is 0 Å². The van der Waals surface area contributed by atoms with Crippen LogP contribution in [0.1, 0.15) is 50.6 Å². The van der Waals surface area contributed by atoms with Crippen LogP contribution in [0.15, 0.2) is 30.3 Å². The van der Waals surface area contributed by atoms with Gasteiger partial charge in [0.15, 0.2) is 0 Å². The molecule has 1 aromatic carbocycles. The van der Waals surface area contributed by atoms with Gasteiger partial charge in [0, 0.05) is 37.6 Å². The Balaban J connectivity index is 1.42. The molecular formula is C19H29N3O. The summed E-state index contributed by atoms with van der Waals surface area (Å²) >= 11 is 0. The summed E-state index contributed by atoms with van der Waals surface area (Å²) in [7, 11) is 0. The molecule has 2 aliphatic rings. The molecule has 0 radical (unpaired) electrons. The predicted octanol–water partition coefficient (Wildman–Crippen LogP) is 2.47. The number of nitrogens with zero attached hydrogens (tertiary/aromatic N) is 1. The number of piperidine rings is 1. The highest BCUT2D eigenvalue weighted by Crippen LogP contribution is 2.24. The van der Waals surface area contributed by atoms with Crippen molar-refractivity contribution >= 4 is 5.91 Å². The van der Waals surface area contributed by atoms with E-state index in [1.54, 1.807) is 0 Å². The molecule has 1 aromatic rings. The van der Waals surface area contributed by atoms with Crippen LogP contribution < -0.4 is 10.6 Å². The number of carbonyl (C=O) groups is 1. The number of likely N-dealkylation sites (tertiary alicyclic amines) is 1. The maximum atomic E-state index is 12.1. The van der Waals surface area contributed by atoms with Crippen molar-refractivity contribution in [1.82, 2.24) is 15.5 Å². The normalized spacial score (nSPS) is 24.5. The fourth-order valence-corrected chi connectivity index (χ4v) is 3.81. The van der Waals surface area contributed by atoms with Crippen LogP contribution in [0.3, 0.4) is 0 Å². The Kier molecular flexibility index (Phi) is 5.68. The lowest BCUT2D eigenvalue weighted by Gasteiger charge is -2.36. The lowest BCUT2D eigenvalue weighted by atomic mass is 10.00. The molecule has 3 rings (SSSR count). The molecule has 2 aliphatic heterocycles. The molecule has 126 valence electrons. The highest BCUT2D eigenvalue weighted by molar-refractivity contribution is 5.76. The van der Waals surface area contributed by atoms with Gasteiger partial charge in [0.2, 0.25) is 5.91 Å². The van der Waals surface area contributed by atoms with Gasteiger partial charge in [0.25, 0.3) is 0 Å². The zero-order chi connectivity index (χ0) is 16.1. The summed E-state index contributed by atoms with van der Waals surface area (Å²) in [5.41, 5.74) is 1.38. The molecule has 23 heavy (non-hydrogen) atoms. The monoisotopic (exact) mass is 315 g/mol. The molecule has 2 atom stereocenters. The molecule has 0 spiro atoms. The van der Waals surface area contributed by atoms with Gasteiger partial charge in [0.1, 0.15) is 0 Å². The van der Waals surface area contributed by atoms with Crippen molar-refractivity contribution in [2.24, 2.45) is 0 Å². The van der Waals surface area contributed by atoms with Gasteiger partial charge in [-0.25, -0.2) is 0 Å². The van der Waals surface area contributed by atoms with E-state index in [1.807, 2.05) is 0 Å². The first-order valence-electron chi connectivity index (χ1n) is 9.04. The van der Waals surface area contributed by atoms with Crippen molar-refractivity contribution in [3.8, 4) is 0 Å². The van der Waals surface area contributed by atoms with Gasteiger partial charge in [-0.05, 0) is 44.7 Å². The molecular weight excluding hydrogens is 286 g/mol. The molecule has 4 heteroatoms. The van der Waals surface area contributed by atoms with Crippen molar-refractivity contribution in [3.63, 3.8) is 0 Å². The Labute approximate surface area is 139 Å². The smallest absolute Gasteiger partial charge is 0.221 e. The number of hydrogen-bond donors (Lipinski definition) is 2. The second kappa shape index (κ2) is 7.93. The minimum Gasteiger partial charge on any atom is -0.353 e. The topological polar surface area (TPSA) is 44.4 Å². The number of hydrogen-bond acceptors (Lipinski definition) is 3. The first-order chi connectivity index (χ1) is 11.2.